The summed E-state index contributed by atoms with van der Waals surface area (Å²) in [5.74, 6) is 0.00445. The topological polar surface area (TPSA) is 73.8 Å². The Bertz CT molecular complexity index is 1570. The summed E-state index contributed by atoms with van der Waals surface area (Å²) in [6.45, 7) is 12.6. The molecular formula is C38H49F3N6O2. The number of para-hydroxylation sites is 1. The summed E-state index contributed by atoms with van der Waals surface area (Å²) >= 11 is 0. The van der Waals surface area contributed by atoms with E-state index in [2.05, 4.69) is 25.1 Å². The van der Waals surface area contributed by atoms with Gasteiger partial charge in [-0.2, -0.15) is 0 Å². The number of hydrogen-bond donors (Lipinski definition) is 1. The largest absolute Gasteiger partial charge is 0.451 e. The third-order valence-electron chi connectivity index (χ3n) is 10.8. The van der Waals surface area contributed by atoms with Gasteiger partial charge in [0.15, 0.2) is 11.6 Å². The van der Waals surface area contributed by atoms with Gasteiger partial charge in [-0.05, 0) is 127 Å². The van der Waals surface area contributed by atoms with Crippen molar-refractivity contribution in [1.82, 2.24) is 19.8 Å². The molecule has 0 unspecified atom stereocenters. The maximum absolute atomic E-state index is 14.4. The van der Waals surface area contributed by atoms with Crippen LogP contribution in [0.5, 0.6) is 11.5 Å². The van der Waals surface area contributed by atoms with Crippen LogP contribution in [0.3, 0.4) is 0 Å². The van der Waals surface area contributed by atoms with Crippen LogP contribution in [0.4, 0.5) is 24.7 Å². The van der Waals surface area contributed by atoms with Gasteiger partial charge >= 0.3 is 0 Å². The van der Waals surface area contributed by atoms with Crippen molar-refractivity contribution in [1.29, 1.82) is 0 Å². The molecule has 2 aromatic carbocycles. The van der Waals surface area contributed by atoms with E-state index in [1.165, 1.54) is 42.7 Å². The van der Waals surface area contributed by atoms with Crippen LogP contribution in [0.2, 0.25) is 0 Å². The number of carbonyl (C=O) groups is 1. The first-order valence-corrected chi connectivity index (χ1v) is 17.8. The number of likely N-dealkylation sites (tertiary alicyclic amines) is 1. The Morgan fingerprint density at radius 3 is 2.33 bits per heavy atom. The van der Waals surface area contributed by atoms with E-state index >= 15 is 0 Å². The van der Waals surface area contributed by atoms with Gasteiger partial charge in [-0.15, -0.1) is 0 Å². The fourth-order valence-corrected chi connectivity index (χ4v) is 8.16. The Hall–Kier alpha value is -3.86. The number of ether oxygens (including phenoxy) is 1. The highest BCUT2D eigenvalue weighted by Crippen LogP contribution is 2.45. The minimum Gasteiger partial charge on any atom is -0.451 e. The molecule has 1 aromatic heterocycles. The molecule has 1 spiro atoms. The number of nitrogens with one attached hydrogen (secondary N) is 1. The average Bonchev–Trinajstić information content (AvgIpc) is 3.54. The lowest BCUT2D eigenvalue weighted by atomic mass is 9.67. The molecule has 1 N–H and O–H groups in total. The quantitative estimate of drug-likeness (QED) is 0.234. The third-order valence-corrected chi connectivity index (χ3v) is 10.8. The molecular weight excluding hydrogens is 629 g/mol. The van der Waals surface area contributed by atoms with Gasteiger partial charge in [0.05, 0.1) is 11.8 Å². The summed E-state index contributed by atoms with van der Waals surface area (Å²) in [6, 6.07) is 8.01. The molecule has 3 aliphatic rings. The van der Waals surface area contributed by atoms with Gasteiger partial charge < -0.3 is 24.8 Å². The number of rotatable bonds is 10. The first kappa shape index (κ1) is 35.0. The Balaban J connectivity index is 1.03. The monoisotopic (exact) mass is 678 g/mol. The van der Waals surface area contributed by atoms with Crippen molar-refractivity contribution in [3.8, 4) is 11.5 Å². The fourth-order valence-electron chi connectivity index (χ4n) is 8.16. The number of hydrogen-bond acceptors (Lipinski definition) is 7. The average molecular weight is 679 g/mol. The minimum absolute atomic E-state index is 0.000510. The molecule has 264 valence electrons. The number of nitrogens with zero attached hydrogens (tertiary/aromatic N) is 5. The predicted octanol–water partition coefficient (Wildman–Crippen LogP) is 7.91. The van der Waals surface area contributed by atoms with Gasteiger partial charge in [0.1, 0.15) is 35.2 Å². The molecule has 1 amide bonds. The van der Waals surface area contributed by atoms with Crippen molar-refractivity contribution < 1.29 is 22.7 Å². The standard InChI is InChI=1S/C38H49F3N6O2/c1-25(2)47(26(3)4)37(48)30-20-28(39)8-9-33(30)49-34-21-42-24-43-36(34)46-17-12-27(23-46)22-45-18-15-38(16-19-45)13-10-29(11-14-38)44-35-31(40)6-5-7-32(35)41/h5-9,20-21,24-27,29,44H,10-19,22-23H2,1-4H3/t27-/m0/s1. The Morgan fingerprint density at radius 1 is 0.959 bits per heavy atom. The van der Waals surface area contributed by atoms with Crippen LogP contribution in [-0.2, 0) is 0 Å². The fraction of sp³-hybridized carbons (Fsp3) is 0.553. The van der Waals surface area contributed by atoms with Gasteiger partial charge in [-0.25, -0.2) is 23.1 Å². The molecule has 3 heterocycles. The van der Waals surface area contributed by atoms with E-state index < -0.39 is 17.5 Å². The third kappa shape index (κ3) is 7.97. The second-order valence-electron chi connectivity index (χ2n) is 14.8. The van der Waals surface area contributed by atoms with Gasteiger partial charge in [0.25, 0.3) is 5.91 Å². The molecule has 3 aromatic rings. The van der Waals surface area contributed by atoms with Crippen molar-refractivity contribution >= 4 is 17.4 Å². The summed E-state index contributed by atoms with van der Waals surface area (Å²) in [7, 11) is 0. The van der Waals surface area contributed by atoms with Crippen molar-refractivity contribution in [2.75, 3.05) is 42.9 Å². The maximum Gasteiger partial charge on any atom is 0.258 e. The highest BCUT2D eigenvalue weighted by molar-refractivity contribution is 5.97. The van der Waals surface area contributed by atoms with Crippen LogP contribution >= 0.6 is 0 Å². The van der Waals surface area contributed by atoms with Crippen molar-refractivity contribution in [3.63, 3.8) is 0 Å². The van der Waals surface area contributed by atoms with E-state index in [0.717, 1.165) is 77.7 Å². The summed E-state index contributed by atoms with van der Waals surface area (Å²) in [4.78, 5) is 28.9. The maximum atomic E-state index is 14.4. The predicted molar refractivity (Wildman–Crippen MR) is 186 cm³/mol. The molecule has 0 bridgehead atoms. The van der Waals surface area contributed by atoms with Gasteiger partial charge in [-0.1, -0.05) is 6.07 Å². The summed E-state index contributed by atoms with van der Waals surface area (Å²) in [5, 5.41) is 3.14. The molecule has 1 atom stereocenters. The highest BCUT2D eigenvalue weighted by atomic mass is 19.1. The van der Waals surface area contributed by atoms with Gasteiger partial charge in [0, 0.05) is 37.8 Å². The lowest BCUT2D eigenvalue weighted by Gasteiger charge is -2.46. The Morgan fingerprint density at radius 2 is 1.65 bits per heavy atom. The smallest absolute Gasteiger partial charge is 0.258 e. The van der Waals surface area contributed by atoms with Crippen LogP contribution in [0.15, 0.2) is 48.9 Å². The van der Waals surface area contributed by atoms with E-state index in [1.807, 2.05) is 27.7 Å². The van der Waals surface area contributed by atoms with Crippen molar-refractivity contribution in [2.45, 2.75) is 90.8 Å². The molecule has 49 heavy (non-hydrogen) atoms. The highest BCUT2D eigenvalue weighted by Gasteiger charge is 2.39. The first-order chi connectivity index (χ1) is 23.5. The molecule has 11 heteroatoms. The Kier molecular flexibility index (Phi) is 10.7. The molecule has 1 aliphatic carbocycles. The van der Waals surface area contributed by atoms with Gasteiger partial charge in [-0.3, -0.25) is 4.79 Å². The number of benzene rings is 2. The second-order valence-corrected chi connectivity index (χ2v) is 14.8. The summed E-state index contributed by atoms with van der Waals surface area (Å²) in [5.41, 5.74) is 0.488. The lowest BCUT2D eigenvalue weighted by Crippen LogP contribution is -2.45. The minimum atomic E-state index is -0.531. The van der Waals surface area contributed by atoms with E-state index in [9.17, 15) is 18.0 Å². The van der Waals surface area contributed by atoms with Crippen LogP contribution in [0.25, 0.3) is 0 Å². The number of carbonyl (C=O) groups excluding carboxylic acids is 1. The number of aromatic nitrogens is 2. The number of halogens is 3. The van der Waals surface area contributed by atoms with E-state index in [-0.39, 0.29) is 41.0 Å². The number of piperidine rings is 1. The molecule has 2 aliphatic heterocycles. The zero-order chi connectivity index (χ0) is 34.7. The normalized spacial score (nSPS) is 19.9. The molecule has 0 radical (unpaired) electrons. The zero-order valence-electron chi connectivity index (χ0n) is 29.1. The summed E-state index contributed by atoms with van der Waals surface area (Å²) in [6.07, 6.45) is 10.5. The molecule has 6 rings (SSSR count). The van der Waals surface area contributed by atoms with E-state index in [0.29, 0.717) is 22.9 Å². The summed E-state index contributed by atoms with van der Waals surface area (Å²) < 4.78 is 49.0. The van der Waals surface area contributed by atoms with Crippen molar-refractivity contribution in [2.24, 2.45) is 11.3 Å². The van der Waals surface area contributed by atoms with E-state index in [4.69, 9.17) is 4.74 Å². The van der Waals surface area contributed by atoms with Crippen molar-refractivity contribution in [3.05, 3.63) is 71.9 Å². The molecule has 1 saturated carbocycles. The first-order valence-electron chi connectivity index (χ1n) is 17.8. The zero-order valence-corrected chi connectivity index (χ0v) is 29.1. The molecule has 3 fully saturated rings. The van der Waals surface area contributed by atoms with Crippen LogP contribution in [-0.4, -0.2) is 76.5 Å². The van der Waals surface area contributed by atoms with Crippen LogP contribution in [0, 0.1) is 28.8 Å². The lowest BCUT2D eigenvalue weighted by molar-refractivity contribution is 0.0583. The molecule has 8 nitrogen and oxygen atoms in total. The molecule has 2 saturated heterocycles. The number of amides is 1. The second kappa shape index (κ2) is 14.9. The van der Waals surface area contributed by atoms with E-state index in [1.54, 1.807) is 11.1 Å². The van der Waals surface area contributed by atoms with Crippen LogP contribution in [0.1, 0.15) is 83.0 Å². The van der Waals surface area contributed by atoms with Gasteiger partial charge in [0.2, 0.25) is 0 Å². The number of anilines is 2. The van der Waals surface area contributed by atoms with Crippen LogP contribution < -0.4 is 15.0 Å². The SMILES string of the molecule is CC(C)N(C(=O)c1cc(F)ccc1Oc1cncnc1N1CC[C@@H](CN2CCC3(CCC(Nc4c(F)cccc4F)CC3)CC2)C1)C(C)C. The Labute approximate surface area is 288 Å².